The third kappa shape index (κ3) is 2.88. The molecule has 2 aromatic rings. The molecule has 0 aromatic carbocycles. The fourth-order valence-corrected chi connectivity index (χ4v) is 3.77. The molecule has 1 fully saturated rings. The topological polar surface area (TPSA) is 72.6 Å². The number of aromatic nitrogens is 4. The molecule has 0 saturated carbocycles. The Bertz CT molecular complexity index is 864. The lowest BCUT2D eigenvalue weighted by atomic mass is 9.96. The molecule has 0 N–H and O–H groups in total. The quantitative estimate of drug-likeness (QED) is 0.797. The Labute approximate surface area is 146 Å². The number of nitrogens with zero attached hydrogens (tertiary/aromatic N) is 5. The van der Waals surface area contributed by atoms with Crippen LogP contribution in [0.5, 0.6) is 0 Å². The van der Waals surface area contributed by atoms with Crippen molar-refractivity contribution in [2.45, 2.75) is 64.6 Å². The average Bonchev–Trinajstić information content (AvgIpc) is 3.06. The summed E-state index contributed by atoms with van der Waals surface area (Å²) >= 11 is 0. The van der Waals surface area contributed by atoms with Gasteiger partial charge in [-0.05, 0) is 64.2 Å². The summed E-state index contributed by atoms with van der Waals surface area (Å²) < 4.78 is 7.15. The highest BCUT2D eigenvalue weighted by Gasteiger charge is 2.42. The van der Waals surface area contributed by atoms with Crippen molar-refractivity contribution in [2.24, 2.45) is 0 Å². The van der Waals surface area contributed by atoms with Crippen LogP contribution in [-0.4, -0.2) is 48.5 Å². The Hall–Kier alpha value is -2.44. The first-order valence-corrected chi connectivity index (χ1v) is 8.72. The molecule has 1 saturated heterocycles. The van der Waals surface area contributed by atoms with E-state index in [2.05, 4.69) is 21.3 Å². The highest BCUT2D eigenvalue weighted by atomic mass is 16.6. The van der Waals surface area contributed by atoms with Gasteiger partial charge in [-0.2, -0.15) is 0 Å². The number of ether oxygens (including phenoxy) is 1. The van der Waals surface area contributed by atoms with E-state index in [0.717, 1.165) is 36.2 Å². The molecule has 4 heterocycles. The van der Waals surface area contributed by atoms with Crippen LogP contribution in [-0.2, 0) is 4.74 Å². The van der Waals surface area contributed by atoms with Crippen LogP contribution in [0.4, 0.5) is 4.79 Å². The van der Waals surface area contributed by atoms with Gasteiger partial charge in [0.05, 0.1) is 11.7 Å². The van der Waals surface area contributed by atoms with E-state index in [-0.39, 0.29) is 18.2 Å². The van der Waals surface area contributed by atoms with Gasteiger partial charge in [0.15, 0.2) is 5.65 Å². The van der Waals surface area contributed by atoms with E-state index in [9.17, 15) is 4.79 Å². The van der Waals surface area contributed by atoms with Gasteiger partial charge in [-0.3, -0.25) is 4.90 Å². The first kappa shape index (κ1) is 16.1. The van der Waals surface area contributed by atoms with Gasteiger partial charge in [0.1, 0.15) is 11.9 Å². The Morgan fingerprint density at radius 1 is 1.32 bits per heavy atom. The summed E-state index contributed by atoms with van der Waals surface area (Å²) in [5.41, 5.74) is 3.48. The van der Waals surface area contributed by atoms with Crippen LogP contribution in [0.3, 0.4) is 0 Å². The zero-order valence-corrected chi connectivity index (χ0v) is 15.1. The van der Waals surface area contributed by atoms with Crippen molar-refractivity contribution < 1.29 is 9.53 Å². The second kappa shape index (κ2) is 5.54. The zero-order chi connectivity index (χ0) is 17.8. The summed E-state index contributed by atoms with van der Waals surface area (Å²) in [6.45, 7) is 7.75. The maximum atomic E-state index is 12.6. The predicted octanol–water partition coefficient (Wildman–Crippen LogP) is 2.99. The minimum Gasteiger partial charge on any atom is -0.444 e. The smallest absolute Gasteiger partial charge is 0.411 e. The lowest BCUT2D eigenvalue weighted by Crippen LogP contribution is -2.45. The number of fused-ring (bicyclic) bond motifs is 3. The normalized spacial score (nSPS) is 23.0. The van der Waals surface area contributed by atoms with E-state index in [4.69, 9.17) is 4.74 Å². The molecule has 4 rings (SSSR count). The number of aryl methyl sites for hydroxylation is 1. The number of rotatable bonds is 1. The van der Waals surface area contributed by atoms with Crippen molar-refractivity contribution in [1.29, 1.82) is 0 Å². The third-order valence-corrected chi connectivity index (χ3v) is 4.77. The Morgan fingerprint density at radius 3 is 2.84 bits per heavy atom. The summed E-state index contributed by atoms with van der Waals surface area (Å²) in [5, 5.41) is 8.76. The largest absolute Gasteiger partial charge is 0.444 e. The SMILES string of the molecule is Cc1cc2ncnn2nc1C1=CC2CCC(C1)N2C(=O)OC(C)(C)C. The van der Waals surface area contributed by atoms with E-state index in [1.54, 1.807) is 4.63 Å². The molecule has 0 aliphatic carbocycles. The monoisotopic (exact) mass is 341 g/mol. The fraction of sp³-hybridized carbons (Fsp3) is 0.556. The highest BCUT2D eigenvalue weighted by molar-refractivity contribution is 5.75. The van der Waals surface area contributed by atoms with Crippen LogP contribution in [0.2, 0.25) is 0 Å². The number of hydrogen-bond acceptors (Lipinski definition) is 5. The minimum atomic E-state index is -0.475. The van der Waals surface area contributed by atoms with E-state index >= 15 is 0 Å². The van der Waals surface area contributed by atoms with Crippen LogP contribution in [0.25, 0.3) is 11.2 Å². The molecule has 1 amide bonds. The van der Waals surface area contributed by atoms with Crippen molar-refractivity contribution in [3.05, 3.63) is 29.7 Å². The lowest BCUT2D eigenvalue weighted by molar-refractivity contribution is 0.0175. The molecule has 2 aliphatic rings. The predicted molar refractivity (Wildman–Crippen MR) is 93.0 cm³/mol. The molecule has 2 atom stereocenters. The Morgan fingerprint density at radius 2 is 2.12 bits per heavy atom. The zero-order valence-electron chi connectivity index (χ0n) is 15.1. The Kier molecular flexibility index (Phi) is 3.56. The first-order chi connectivity index (χ1) is 11.8. The van der Waals surface area contributed by atoms with Crippen molar-refractivity contribution in [2.75, 3.05) is 0 Å². The van der Waals surface area contributed by atoms with E-state index in [0.29, 0.717) is 0 Å². The number of carbonyl (C=O) groups is 1. The highest BCUT2D eigenvalue weighted by Crippen LogP contribution is 2.39. The summed E-state index contributed by atoms with van der Waals surface area (Å²) in [6.07, 6.45) is 6.23. The van der Waals surface area contributed by atoms with Crippen molar-refractivity contribution >= 4 is 17.3 Å². The minimum absolute atomic E-state index is 0.0799. The van der Waals surface area contributed by atoms with E-state index in [1.807, 2.05) is 38.7 Å². The Balaban J connectivity index is 1.64. The molecular formula is C18H23N5O2. The van der Waals surface area contributed by atoms with Gasteiger partial charge in [-0.1, -0.05) is 6.08 Å². The number of hydrogen-bond donors (Lipinski definition) is 0. The summed E-state index contributed by atoms with van der Waals surface area (Å²) in [4.78, 5) is 18.6. The molecule has 7 heteroatoms. The van der Waals surface area contributed by atoms with Gasteiger partial charge in [-0.15, -0.1) is 14.8 Å². The van der Waals surface area contributed by atoms with Crippen LogP contribution >= 0.6 is 0 Å². The standard InChI is InChI=1S/C18H23N5O2/c1-11-7-15-19-10-20-23(15)21-16(11)12-8-13-5-6-14(9-12)22(13)17(24)25-18(2,3)4/h7-8,10,13-14H,5-6,9H2,1-4H3. The van der Waals surface area contributed by atoms with Crippen LogP contribution in [0.1, 0.15) is 51.3 Å². The maximum absolute atomic E-state index is 12.6. The lowest BCUT2D eigenvalue weighted by Gasteiger charge is -2.35. The fourth-order valence-electron chi connectivity index (χ4n) is 3.77. The van der Waals surface area contributed by atoms with Crippen LogP contribution < -0.4 is 0 Å². The van der Waals surface area contributed by atoms with Crippen molar-refractivity contribution in [3.8, 4) is 0 Å². The van der Waals surface area contributed by atoms with Gasteiger partial charge >= 0.3 is 6.09 Å². The van der Waals surface area contributed by atoms with Crippen LogP contribution in [0.15, 0.2) is 18.5 Å². The molecular weight excluding hydrogens is 318 g/mol. The van der Waals surface area contributed by atoms with Gasteiger partial charge in [0.2, 0.25) is 0 Å². The molecule has 2 aromatic heterocycles. The number of carbonyl (C=O) groups excluding carboxylic acids is 1. The summed E-state index contributed by atoms with van der Waals surface area (Å²) in [5.74, 6) is 0. The van der Waals surface area contributed by atoms with Gasteiger partial charge in [0, 0.05) is 6.04 Å². The maximum Gasteiger partial charge on any atom is 0.411 e. The molecule has 2 unspecified atom stereocenters. The third-order valence-electron chi connectivity index (χ3n) is 4.77. The number of amides is 1. The average molecular weight is 341 g/mol. The van der Waals surface area contributed by atoms with Gasteiger partial charge < -0.3 is 4.74 Å². The van der Waals surface area contributed by atoms with Crippen LogP contribution in [0, 0.1) is 6.92 Å². The molecule has 25 heavy (non-hydrogen) atoms. The van der Waals surface area contributed by atoms with Crippen molar-refractivity contribution in [3.63, 3.8) is 0 Å². The second-order valence-electron chi connectivity index (χ2n) is 7.87. The molecule has 132 valence electrons. The molecule has 2 bridgehead atoms. The van der Waals surface area contributed by atoms with E-state index in [1.165, 1.54) is 11.9 Å². The molecule has 2 aliphatic heterocycles. The first-order valence-electron chi connectivity index (χ1n) is 8.72. The molecule has 7 nitrogen and oxygen atoms in total. The molecule has 0 radical (unpaired) electrons. The van der Waals surface area contributed by atoms with Gasteiger partial charge in [-0.25, -0.2) is 9.78 Å². The van der Waals surface area contributed by atoms with Crippen molar-refractivity contribution in [1.82, 2.24) is 24.7 Å². The second-order valence-corrected chi connectivity index (χ2v) is 7.87. The van der Waals surface area contributed by atoms with Gasteiger partial charge in [0.25, 0.3) is 0 Å². The summed E-state index contributed by atoms with van der Waals surface area (Å²) in [6, 6.07) is 2.25. The summed E-state index contributed by atoms with van der Waals surface area (Å²) in [7, 11) is 0. The molecule has 0 spiro atoms. The van der Waals surface area contributed by atoms with E-state index < -0.39 is 5.60 Å².